The Balaban J connectivity index is 1.57. The summed E-state index contributed by atoms with van der Waals surface area (Å²) in [7, 11) is 1.64. The van der Waals surface area contributed by atoms with E-state index in [0.717, 1.165) is 11.3 Å². The fourth-order valence-electron chi connectivity index (χ4n) is 2.68. The molecule has 1 aromatic heterocycles. The van der Waals surface area contributed by atoms with Crippen molar-refractivity contribution in [1.82, 2.24) is 14.9 Å². The quantitative estimate of drug-likeness (QED) is 0.828. The molecule has 7 heteroatoms. The molecule has 0 saturated carbocycles. The van der Waals surface area contributed by atoms with Crippen molar-refractivity contribution in [3.8, 4) is 5.75 Å². The number of benzene rings is 1. The van der Waals surface area contributed by atoms with E-state index in [1.165, 1.54) is 24.0 Å². The van der Waals surface area contributed by atoms with Crippen LogP contribution in [0.15, 0.2) is 46.5 Å². The summed E-state index contributed by atoms with van der Waals surface area (Å²) >= 11 is 1.45. The number of thioether (sulfide) groups is 1. The average Bonchev–Trinajstić information content (AvgIpc) is 2.62. The van der Waals surface area contributed by atoms with Crippen LogP contribution < -0.4 is 15.6 Å². The molecule has 0 unspecified atom stereocenters. The van der Waals surface area contributed by atoms with E-state index in [2.05, 4.69) is 10.3 Å². The smallest absolute Gasteiger partial charge is 0.254 e. The fourth-order valence-corrected chi connectivity index (χ4v) is 3.75. The van der Waals surface area contributed by atoms with Crippen LogP contribution in [0.4, 0.5) is 0 Å². The van der Waals surface area contributed by atoms with Crippen molar-refractivity contribution in [2.24, 2.45) is 5.92 Å². The first kappa shape index (κ1) is 16.6. The van der Waals surface area contributed by atoms with Crippen molar-refractivity contribution in [2.45, 2.75) is 18.1 Å². The number of nitrogens with zero attached hydrogens (tertiary/aromatic N) is 2. The number of hydrogen-bond donors (Lipinski definition) is 1. The van der Waals surface area contributed by atoms with Gasteiger partial charge in [0.2, 0.25) is 5.91 Å². The zero-order valence-electron chi connectivity index (χ0n) is 13.4. The number of aromatic nitrogens is 2. The summed E-state index contributed by atoms with van der Waals surface area (Å²) in [5.74, 6) is 1.21. The molecule has 0 fully saturated rings. The zero-order valence-corrected chi connectivity index (χ0v) is 14.2. The molecule has 1 atom stereocenters. The predicted octanol–water partition coefficient (Wildman–Crippen LogP) is 1.33. The number of rotatable bonds is 5. The van der Waals surface area contributed by atoms with Gasteiger partial charge in [-0.25, -0.2) is 4.98 Å². The first-order valence-electron chi connectivity index (χ1n) is 7.77. The van der Waals surface area contributed by atoms with E-state index in [0.29, 0.717) is 30.4 Å². The highest BCUT2D eigenvalue weighted by molar-refractivity contribution is 7.99. The third-order valence-corrected chi connectivity index (χ3v) is 5.13. The first-order valence-corrected chi connectivity index (χ1v) is 8.76. The standard InChI is InChI=1S/C17H19N3O3S/c1-23-14-5-3-2-4-12(14)6-8-18-16(22)13-10-20-15(21)7-9-19-17(20)24-11-13/h2-5,7,9,13H,6,8,10-11H2,1H3,(H,18,22)/t13-/m1/s1. The maximum Gasteiger partial charge on any atom is 0.254 e. The first-order chi connectivity index (χ1) is 11.7. The van der Waals surface area contributed by atoms with Gasteiger partial charge in [0.1, 0.15) is 5.75 Å². The van der Waals surface area contributed by atoms with Crippen molar-refractivity contribution in [2.75, 3.05) is 19.4 Å². The van der Waals surface area contributed by atoms with Crippen molar-refractivity contribution in [3.05, 3.63) is 52.4 Å². The third kappa shape index (κ3) is 3.62. The number of para-hydroxylation sites is 1. The highest BCUT2D eigenvalue weighted by Gasteiger charge is 2.26. The van der Waals surface area contributed by atoms with Crippen LogP contribution in [0.1, 0.15) is 5.56 Å². The van der Waals surface area contributed by atoms with E-state index in [1.807, 2.05) is 24.3 Å². The van der Waals surface area contributed by atoms with Gasteiger partial charge in [-0.1, -0.05) is 30.0 Å². The summed E-state index contributed by atoms with van der Waals surface area (Å²) in [6.45, 7) is 0.921. The molecule has 2 heterocycles. The number of hydrogen-bond acceptors (Lipinski definition) is 5. The Morgan fingerprint density at radius 1 is 1.42 bits per heavy atom. The van der Waals surface area contributed by atoms with Crippen LogP contribution in [-0.2, 0) is 17.8 Å². The van der Waals surface area contributed by atoms with Gasteiger partial charge in [-0.3, -0.25) is 14.2 Å². The van der Waals surface area contributed by atoms with Crippen LogP contribution in [0.5, 0.6) is 5.75 Å². The summed E-state index contributed by atoms with van der Waals surface area (Å²) in [6.07, 6.45) is 2.21. The minimum atomic E-state index is -0.220. The van der Waals surface area contributed by atoms with Gasteiger partial charge < -0.3 is 10.1 Å². The van der Waals surface area contributed by atoms with Crippen molar-refractivity contribution < 1.29 is 9.53 Å². The van der Waals surface area contributed by atoms with E-state index in [-0.39, 0.29) is 17.4 Å². The van der Waals surface area contributed by atoms with Crippen LogP contribution in [-0.4, -0.2) is 34.9 Å². The highest BCUT2D eigenvalue weighted by atomic mass is 32.2. The third-order valence-electron chi connectivity index (χ3n) is 3.97. The van der Waals surface area contributed by atoms with Crippen LogP contribution in [0, 0.1) is 5.92 Å². The monoisotopic (exact) mass is 345 g/mol. The zero-order chi connectivity index (χ0) is 16.9. The lowest BCUT2D eigenvalue weighted by atomic mass is 10.1. The van der Waals surface area contributed by atoms with Crippen molar-refractivity contribution in [3.63, 3.8) is 0 Å². The molecule has 0 aliphatic carbocycles. The Labute approximate surface area is 144 Å². The average molecular weight is 345 g/mol. The molecular weight excluding hydrogens is 326 g/mol. The van der Waals surface area contributed by atoms with Gasteiger partial charge in [0, 0.05) is 31.1 Å². The molecule has 0 saturated heterocycles. The minimum Gasteiger partial charge on any atom is -0.496 e. The van der Waals surface area contributed by atoms with Gasteiger partial charge in [0.05, 0.1) is 13.0 Å². The molecule has 0 spiro atoms. The molecule has 3 rings (SSSR count). The summed E-state index contributed by atoms with van der Waals surface area (Å²) < 4.78 is 6.88. The van der Waals surface area contributed by atoms with Crippen LogP contribution in [0.25, 0.3) is 0 Å². The van der Waals surface area contributed by atoms with E-state index < -0.39 is 0 Å². The van der Waals surface area contributed by atoms with Crippen LogP contribution in [0.3, 0.4) is 0 Å². The van der Waals surface area contributed by atoms with Gasteiger partial charge in [0.15, 0.2) is 5.16 Å². The second-order valence-electron chi connectivity index (χ2n) is 5.54. The van der Waals surface area contributed by atoms with E-state index >= 15 is 0 Å². The number of carbonyl (C=O) groups is 1. The number of nitrogens with one attached hydrogen (secondary N) is 1. The molecule has 1 amide bonds. The topological polar surface area (TPSA) is 73.2 Å². The Morgan fingerprint density at radius 2 is 2.25 bits per heavy atom. The lowest BCUT2D eigenvalue weighted by Crippen LogP contribution is -2.40. The second kappa shape index (κ2) is 7.53. The maximum absolute atomic E-state index is 12.4. The van der Waals surface area contributed by atoms with Gasteiger partial charge >= 0.3 is 0 Å². The summed E-state index contributed by atoms with van der Waals surface area (Å²) in [5, 5.41) is 3.64. The van der Waals surface area contributed by atoms with E-state index in [1.54, 1.807) is 11.7 Å². The number of amides is 1. The van der Waals surface area contributed by atoms with E-state index in [9.17, 15) is 9.59 Å². The Hall–Kier alpha value is -2.28. The Bertz CT molecular complexity index is 791. The molecule has 6 nitrogen and oxygen atoms in total. The summed E-state index contributed by atoms with van der Waals surface area (Å²) in [5.41, 5.74) is 0.947. The predicted molar refractivity (Wildman–Crippen MR) is 92.4 cm³/mol. The Morgan fingerprint density at radius 3 is 3.08 bits per heavy atom. The van der Waals surface area contributed by atoms with Crippen molar-refractivity contribution >= 4 is 17.7 Å². The van der Waals surface area contributed by atoms with Gasteiger partial charge in [-0.2, -0.15) is 0 Å². The molecular formula is C17H19N3O3S. The Kier molecular flexibility index (Phi) is 5.20. The lowest BCUT2D eigenvalue weighted by molar-refractivity contribution is -0.124. The second-order valence-corrected chi connectivity index (χ2v) is 6.52. The minimum absolute atomic E-state index is 0.0289. The highest BCUT2D eigenvalue weighted by Crippen LogP contribution is 2.24. The molecule has 1 aliphatic rings. The van der Waals surface area contributed by atoms with E-state index in [4.69, 9.17) is 4.74 Å². The van der Waals surface area contributed by atoms with Crippen LogP contribution in [0.2, 0.25) is 0 Å². The molecule has 2 aromatic rings. The number of ether oxygens (including phenoxy) is 1. The number of methoxy groups -OCH3 is 1. The number of fused-ring (bicyclic) bond motifs is 1. The molecule has 1 N–H and O–H groups in total. The van der Waals surface area contributed by atoms with Crippen LogP contribution >= 0.6 is 11.8 Å². The normalized spacial score (nSPS) is 16.3. The molecule has 1 aromatic carbocycles. The molecule has 1 aliphatic heterocycles. The van der Waals surface area contributed by atoms with Gasteiger partial charge in [0.25, 0.3) is 5.56 Å². The SMILES string of the molecule is COc1ccccc1CCNC(=O)[C@H]1CSc2nccc(=O)n2C1. The van der Waals surface area contributed by atoms with Gasteiger partial charge in [-0.05, 0) is 18.1 Å². The molecule has 126 valence electrons. The van der Waals surface area contributed by atoms with Crippen molar-refractivity contribution in [1.29, 1.82) is 0 Å². The maximum atomic E-state index is 12.4. The largest absolute Gasteiger partial charge is 0.496 e. The molecule has 24 heavy (non-hydrogen) atoms. The number of carbonyl (C=O) groups excluding carboxylic acids is 1. The lowest BCUT2D eigenvalue weighted by Gasteiger charge is -2.23. The fraction of sp³-hybridized carbons (Fsp3) is 0.353. The molecule has 0 radical (unpaired) electrons. The summed E-state index contributed by atoms with van der Waals surface area (Å²) in [4.78, 5) is 28.4. The summed E-state index contributed by atoms with van der Waals surface area (Å²) in [6, 6.07) is 9.19. The van der Waals surface area contributed by atoms with Gasteiger partial charge in [-0.15, -0.1) is 0 Å². The molecule has 0 bridgehead atoms.